The summed E-state index contributed by atoms with van der Waals surface area (Å²) in [6.45, 7) is 0. The molecule has 0 saturated carbocycles. The highest BCUT2D eigenvalue weighted by atomic mass is 16.4. The molecule has 0 saturated heterocycles. The number of para-hydroxylation sites is 1. The van der Waals surface area contributed by atoms with Gasteiger partial charge in [-0.2, -0.15) is 4.98 Å². The average molecular weight is 229 g/mol. The predicted octanol–water partition coefficient (Wildman–Crippen LogP) is 0.166. The van der Waals surface area contributed by atoms with Crippen molar-refractivity contribution in [2.75, 3.05) is 11.1 Å². The Hall–Kier alpha value is -2.63. The minimum Gasteiger partial charge on any atom is -0.545 e. The fourth-order valence-corrected chi connectivity index (χ4v) is 1.35. The minimum atomic E-state index is -1.25. The average Bonchev–Trinajstić information content (AvgIpc) is 2.29. The van der Waals surface area contributed by atoms with Gasteiger partial charge in [-0.3, -0.25) is 0 Å². The molecule has 2 rings (SSSR count). The van der Waals surface area contributed by atoms with E-state index in [1.165, 1.54) is 12.3 Å². The van der Waals surface area contributed by atoms with Gasteiger partial charge in [0.25, 0.3) is 0 Å². The van der Waals surface area contributed by atoms with E-state index in [9.17, 15) is 9.90 Å². The Labute approximate surface area is 97.1 Å². The molecule has 1 aromatic heterocycles. The number of carbonyl (C=O) groups excluding carboxylic acids is 1. The van der Waals surface area contributed by atoms with Crippen molar-refractivity contribution in [3.05, 3.63) is 42.1 Å². The summed E-state index contributed by atoms with van der Waals surface area (Å²) < 4.78 is 0. The maximum Gasteiger partial charge on any atom is 0.221 e. The highest BCUT2D eigenvalue weighted by molar-refractivity contribution is 5.93. The van der Waals surface area contributed by atoms with Gasteiger partial charge in [0, 0.05) is 17.4 Å². The number of hydrogen-bond acceptors (Lipinski definition) is 6. The summed E-state index contributed by atoms with van der Waals surface area (Å²) >= 11 is 0. The van der Waals surface area contributed by atoms with Gasteiger partial charge >= 0.3 is 0 Å². The lowest BCUT2D eigenvalue weighted by atomic mass is 10.2. The van der Waals surface area contributed by atoms with E-state index in [2.05, 4.69) is 15.3 Å². The number of carbonyl (C=O) groups is 1. The molecule has 0 aliphatic rings. The van der Waals surface area contributed by atoms with Crippen LogP contribution >= 0.6 is 0 Å². The number of aromatic nitrogens is 2. The summed E-state index contributed by atoms with van der Waals surface area (Å²) in [5.74, 6) is -0.720. The zero-order valence-electron chi connectivity index (χ0n) is 8.75. The molecule has 0 atom stereocenters. The Morgan fingerprint density at radius 1 is 1.29 bits per heavy atom. The van der Waals surface area contributed by atoms with E-state index in [0.717, 1.165) is 0 Å². The quantitative estimate of drug-likeness (QED) is 0.777. The first-order valence-corrected chi connectivity index (χ1v) is 4.83. The molecule has 0 amide bonds. The van der Waals surface area contributed by atoms with Gasteiger partial charge in [0.15, 0.2) is 0 Å². The lowest BCUT2D eigenvalue weighted by Crippen LogP contribution is -2.23. The lowest BCUT2D eigenvalue weighted by Gasteiger charge is -2.11. The van der Waals surface area contributed by atoms with E-state index in [0.29, 0.717) is 11.5 Å². The van der Waals surface area contributed by atoms with Crippen LogP contribution in [0.2, 0.25) is 0 Å². The number of aromatic carboxylic acids is 1. The normalized spacial score (nSPS) is 9.88. The number of anilines is 3. The van der Waals surface area contributed by atoms with Crippen LogP contribution < -0.4 is 16.2 Å². The van der Waals surface area contributed by atoms with Crippen molar-refractivity contribution in [3.63, 3.8) is 0 Å². The molecule has 0 bridgehead atoms. The third-order valence-electron chi connectivity index (χ3n) is 2.08. The first kappa shape index (κ1) is 10.9. The summed E-state index contributed by atoms with van der Waals surface area (Å²) in [6.07, 6.45) is 1.48. The van der Waals surface area contributed by atoms with Gasteiger partial charge in [0.05, 0.1) is 5.97 Å². The maximum atomic E-state index is 10.9. The van der Waals surface area contributed by atoms with Crippen LogP contribution in [0.3, 0.4) is 0 Å². The van der Waals surface area contributed by atoms with Crippen molar-refractivity contribution < 1.29 is 9.90 Å². The Morgan fingerprint density at radius 3 is 2.76 bits per heavy atom. The van der Waals surface area contributed by atoms with Gasteiger partial charge < -0.3 is 21.0 Å². The van der Waals surface area contributed by atoms with Gasteiger partial charge in [-0.15, -0.1) is 0 Å². The Balaban J connectivity index is 2.33. The molecule has 0 unspecified atom stereocenters. The molecule has 86 valence electrons. The standard InChI is InChI=1S/C11H10N4O2/c12-11-13-6-5-9(15-11)14-8-4-2-1-3-7(8)10(16)17/h1-6H,(H,16,17)(H3,12,13,14,15)/p-1. The second kappa shape index (κ2) is 4.48. The highest BCUT2D eigenvalue weighted by Crippen LogP contribution is 2.18. The van der Waals surface area contributed by atoms with Crippen molar-refractivity contribution >= 4 is 23.4 Å². The van der Waals surface area contributed by atoms with Crippen molar-refractivity contribution in [3.8, 4) is 0 Å². The van der Waals surface area contributed by atoms with E-state index in [4.69, 9.17) is 5.73 Å². The molecule has 17 heavy (non-hydrogen) atoms. The second-order valence-electron chi connectivity index (χ2n) is 3.26. The third kappa shape index (κ3) is 2.49. The van der Waals surface area contributed by atoms with Gasteiger partial charge in [-0.05, 0) is 12.1 Å². The molecule has 0 fully saturated rings. The van der Waals surface area contributed by atoms with Gasteiger partial charge in [-0.1, -0.05) is 18.2 Å². The first-order valence-electron chi connectivity index (χ1n) is 4.83. The second-order valence-corrected chi connectivity index (χ2v) is 3.26. The molecular weight excluding hydrogens is 220 g/mol. The Kier molecular flexibility index (Phi) is 2.87. The van der Waals surface area contributed by atoms with Crippen LogP contribution in [-0.2, 0) is 0 Å². The van der Waals surface area contributed by atoms with Crippen LogP contribution in [-0.4, -0.2) is 15.9 Å². The minimum absolute atomic E-state index is 0.0599. The zero-order valence-corrected chi connectivity index (χ0v) is 8.75. The van der Waals surface area contributed by atoms with Gasteiger partial charge in [0.1, 0.15) is 5.82 Å². The number of rotatable bonds is 3. The highest BCUT2D eigenvalue weighted by Gasteiger charge is 2.03. The molecule has 6 nitrogen and oxygen atoms in total. The number of carboxylic acid groups (broad SMARTS) is 1. The van der Waals surface area contributed by atoms with Gasteiger partial charge in [-0.25, -0.2) is 4.98 Å². The molecular formula is C11H9N4O2-. The van der Waals surface area contributed by atoms with Crippen molar-refractivity contribution in [2.45, 2.75) is 0 Å². The molecule has 0 radical (unpaired) electrons. The summed E-state index contributed by atoms with van der Waals surface area (Å²) in [4.78, 5) is 18.5. The molecule has 1 aromatic carbocycles. The van der Waals surface area contributed by atoms with Crippen molar-refractivity contribution in [1.82, 2.24) is 9.97 Å². The molecule has 1 heterocycles. The van der Waals surface area contributed by atoms with Crippen LogP contribution in [0.5, 0.6) is 0 Å². The number of hydrogen-bond donors (Lipinski definition) is 2. The van der Waals surface area contributed by atoms with E-state index < -0.39 is 5.97 Å². The summed E-state index contributed by atoms with van der Waals surface area (Å²) in [7, 11) is 0. The zero-order chi connectivity index (χ0) is 12.3. The van der Waals surface area contributed by atoms with E-state index in [1.807, 2.05) is 0 Å². The smallest absolute Gasteiger partial charge is 0.221 e. The molecule has 0 aliphatic carbocycles. The Morgan fingerprint density at radius 2 is 2.06 bits per heavy atom. The fraction of sp³-hybridized carbons (Fsp3) is 0. The fourth-order valence-electron chi connectivity index (χ4n) is 1.35. The number of nitrogens with one attached hydrogen (secondary N) is 1. The number of benzene rings is 1. The first-order chi connectivity index (χ1) is 8.16. The summed E-state index contributed by atoms with van der Waals surface area (Å²) in [5.41, 5.74) is 5.87. The summed E-state index contributed by atoms with van der Waals surface area (Å²) in [6, 6.07) is 7.97. The topological polar surface area (TPSA) is 104 Å². The molecule has 6 heteroatoms. The third-order valence-corrected chi connectivity index (χ3v) is 2.08. The largest absolute Gasteiger partial charge is 0.545 e. The number of nitrogens with zero attached hydrogens (tertiary/aromatic N) is 2. The maximum absolute atomic E-state index is 10.9. The van der Waals surface area contributed by atoms with Crippen LogP contribution in [0.25, 0.3) is 0 Å². The molecule has 0 aliphatic heterocycles. The van der Waals surface area contributed by atoms with Crippen LogP contribution in [0.4, 0.5) is 17.5 Å². The van der Waals surface area contributed by atoms with Crippen LogP contribution in [0.1, 0.15) is 10.4 Å². The Bertz CT molecular complexity index is 557. The summed E-state index contributed by atoms with van der Waals surface area (Å²) in [5, 5.41) is 13.7. The predicted molar refractivity (Wildman–Crippen MR) is 60.5 cm³/mol. The van der Waals surface area contributed by atoms with E-state index in [-0.39, 0.29) is 11.5 Å². The lowest BCUT2D eigenvalue weighted by molar-refractivity contribution is -0.254. The van der Waals surface area contributed by atoms with E-state index >= 15 is 0 Å². The monoisotopic (exact) mass is 229 g/mol. The van der Waals surface area contributed by atoms with Crippen molar-refractivity contribution in [2.24, 2.45) is 0 Å². The SMILES string of the molecule is Nc1nccc(Nc2ccccc2C(=O)[O-])n1. The number of nitrogens with two attached hydrogens (primary N) is 1. The number of nitrogen functional groups attached to an aromatic ring is 1. The molecule has 3 N–H and O–H groups in total. The van der Waals surface area contributed by atoms with Crippen LogP contribution in [0.15, 0.2) is 36.5 Å². The van der Waals surface area contributed by atoms with Crippen molar-refractivity contribution in [1.29, 1.82) is 0 Å². The number of carboxylic acids is 1. The van der Waals surface area contributed by atoms with Gasteiger partial charge in [0.2, 0.25) is 5.95 Å². The van der Waals surface area contributed by atoms with Crippen LogP contribution in [0, 0.1) is 0 Å². The van der Waals surface area contributed by atoms with E-state index in [1.54, 1.807) is 24.3 Å². The molecule has 2 aromatic rings. The molecule has 0 spiro atoms.